The molecule has 2 rings (SSSR count). The minimum Gasteiger partial charge on any atom is -0.396 e. The highest BCUT2D eigenvalue weighted by atomic mass is 35.5. The molecule has 0 bridgehead atoms. The summed E-state index contributed by atoms with van der Waals surface area (Å²) in [6.45, 7) is 4.37. The fourth-order valence-electron chi connectivity index (χ4n) is 2.30. The van der Waals surface area contributed by atoms with E-state index in [-0.39, 0.29) is 24.4 Å². The smallest absolute Gasteiger partial charge is 0.0480 e. The molecule has 0 radical (unpaired) electrons. The largest absolute Gasteiger partial charge is 0.396 e. The molecule has 1 fully saturated rings. The molecule has 0 saturated carbocycles. The molecule has 0 aliphatic carbocycles. The quantitative estimate of drug-likeness (QED) is 0.804. The number of benzene rings is 1. The van der Waals surface area contributed by atoms with E-state index in [1.807, 2.05) is 6.07 Å². The maximum absolute atomic E-state index is 9.32. The predicted octanol–water partition coefficient (Wildman–Crippen LogP) is 1.58. The second kappa shape index (κ2) is 4.97. The zero-order valence-electron chi connectivity index (χ0n) is 8.94. The van der Waals surface area contributed by atoms with E-state index < -0.39 is 0 Å². The Kier molecular flexibility index (Phi) is 4.14. The SMILES string of the molecule is C[C@@]1(c2ccccc2)CNC[C@H]1CO.Cl. The fraction of sp³-hybridized carbons (Fsp3) is 0.500. The van der Waals surface area contributed by atoms with Crippen LogP contribution in [-0.4, -0.2) is 24.8 Å². The Morgan fingerprint density at radius 3 is 2.67 bits per heavy atom. The van der Waals surface area contributed by atoms with E-state index in [1.165, 1.54) is 5.56 Å². The van der Waals surface area contributed by atoms with Crippen molar-refractivity contribution in [2.45, 2.75) is 12.3 Å². The first kappa shape index (κ1) is 12.5. The second-order valence-electron chi connectivity index (χ2n) is 4.29. The first-order valence-electron chi connectivity index (χ1n) is 5.14. The summed E-state index contributed by atoms with van der Waals surface area (Å²) >= 11 is 0. The monoisotopic (exact) mass is 227 g/mol. The molecule has 2 nitrogen and oxygen atoms in total. The van der Waals surface area contributed by atoms with Crippen molar-refractivity contribution < 1.29 is 5.11 Å². The molecule has 3 heteroatoms. The Bertz CT molecular complexity index is 304. The zero-order valence-corrected chi connectivity index (χ0v) is 9.76. The summed E-state index contributed by atoms with van der Waals surface area (Å²) in [4.78, 5) is 0. The van der Waals surface area contributed by atoms with Crippen LogP contribution in [0.2, 0.25) is 0 Å². The van der Waals surface area contributed by atoms with Crippen molar-refractivity contribution >= 4 is 12.4 Å². The lowest BCUT2D eigenvalue weighted by Gasteiger charge is -2.29. The number of aliphatic hydroxyl groups is 1. The van der Waals surface area contributed by atoms with Crippen molar-refractivity contribution in [2.24, 2.45) is 5.92 Å². The molecule has 0 unspecified atom stereocenters. The van der Waals surface area contributed by atoms with Crippen molar-refractivity contribution in [2.75, 3.05) is 19.7 Å². The Morgan fingerprint density at radius 2 is 2.07 bits per heavy atom. The first-order chi connectivity index (χ1) is 6.77. The van der Waals surface area contributed by atoms with Crippen molar-refractivity contribution in [3.8, 4) is 0 Å². The number of aliphatic hydroxyl groups excluding tert-OH is 1. The molecule has 1 aromatic carbocycles. The van der Waals surface area contributed by atoms with Gasteiger partial charge in [-0.2, -0.15) is 0 Å². The summed E-state index contributed by atoms with van der Waals surface area (Å²) in [6.07, 6.45) is 0. The lowest BCUT2D eigenvalue weighted by molar-refractivity contribution is 0.193. The van der Waals surface area contributed by atoms with Gasteiger partial charge in [0, 0.05) is 31.0 Å². The molecule has 0 spiro atoms. The molecule has 1 aromatic rings. The highest BCUT2D eigenvalue weighted by molar-refractivity contribution is 5.85. The van der Waals surface area contributed by atoms with E-state index in [1.54, 1.807) is 0 Å². The van der Waals surface area contributed by atoms with Crippen LogP contribution in [0.3, 0.4) is 0 Å². The molecule has 2 atom stereocenters. The summed E-state index contributed by atoms with van der Waals surface area (Å²) in [5, 5.41) is 12.7. The third-order valence-corrected chi connectivity index (χ3v) is 3.44. The topological polar surface area (TPSA) is 32.3 Å². The summed E-state index contributed by atoms with van der Waals surface area (Å²) < 4.78 is 0. The first-order valence-corrected chi connectivity index (χ1v) is 5.14. The van der Waals surface area contributed by atoms with Crippen LogP contribution in [-0.2, 0) is 5.41 Å². The lowest BCUT2D eigenvalue weighted by atomic mass is 9.74. The summed E-state index contributed by atoms with van der Waals surface area (Å²) in [5.41, 5.74) is 1.42. The summed E-state index contributed by atoms with van der Waals surface area (Å²) in [5.74, 6) is 0.338. The normalized spacial score (nSPS) is 29.9. The Morgan fingerprint density at radius 1 is 1.40 bits per heavy atom. The molecule has 2 N–H and O–H groups in total. The minimum absolute atomic E-state index is 0. The van der Waals surface area contributed by atoms with Crippen molar-refractivity contribution in [1.82, 2.24) is 5.32 Å². The van der Waals surface area contributed by atoms with Gasteiger partial charge in [-0.15, -0.1) is 12.4 Å². The van der Waals surface area contributed by atoms with E-state index in [0.717, 1.165) is 13.1 Å². The maximum Gasteiger partial charge on any atom is 0.0480 e. The summed E-state index contributed by atoms with van der Waals surface area (Å²) in [6, 6.07) is 10.5. The van der Waals surface area contributed by atoms with Crippen LogP contribution in [0.5, 0.6) is 0 Å². The van der Waals surface area contributed by atoms with Gasteiger partial charge in [-0.25, -0.2) is 0 Å². The minimum atomic E-state index is 0. The zero-order chi connectivity index (χ0) is 10.0. The van der Waals surface area contributed by atoms with Gasteiger partial charge in [-0.05, 0) is 5.56 Å². The average molecular weight is 228 g/mol. The van der Waals surface area contributed by atoms with Crippen LogP contribution in [0.15, 0.2) is 30.3 Å². The predicted molar refractivity (Wildman–Crippen MR) is 64.5 cm³/mol. The lowest BCUT2D eigenvalue weighted by Crippen LogP contribution is -2.33. The number of hydrogen-bond donors (Lipinski definition) is 2. The summed E-state index contributed by atoms with van der Waals surface area (Å²) in [7, 11) is 0. The molecule has 84 valence electrons. The standard InChI is InChI=1S/C12H17NO.ClH/c1-12(9-13-7-11(12)8-14)10-5-3-2-4-6-10;/h2-6,11,13-14H,7-9H2,1H3;1H/t11-,12-;/m0./s1. The maximum atomic E-state index is 9.32. The molecule has 0 amide bonds. The van der Waals surface area contributed by atoms with Crippen LogP contribution < -0.4 is 5.32 Å². The van der Waals surface area contributed by atoms with Crippen molar-refractivity contribution in [3.05, 3.63) is 35.9 Å². The number of rotatable bonds is 2. The Balaban J connectivity index is 0.00000112. The van der Waals surface area contributed by atoms with E-state index >= 15 is 0 Å². The fourth-order valence-corrected chi connectivity index (χ4v) is 2.30. The van der Waals surface area contributed by atoms with Gasteiger partial charge in [-0.1, -0.05) is 37.3 Å². The van der Waals surface area contributed by atoms with Gasteiger partial charge in [0.15, 0.2) is 0 Å². The third-order valence-electron chi connectivity index (χ3n) is 3.44. The van der Waals surface area contributed by atoms with Gasteiger partial charge in [0.05, 0.1) is 0 Å². The van der Waals surface area contributed by atoms with Gasteiger partial charge >= 0.3 is 0 Å². The Hall–Kier alpha value is -0.570. The van der Waals surface area contributed by atoms with Crippen molar-refractivity contribution in [1.29, 1.82) is 0 Å². The van der Waals surface area contributed by atoms with E-state index in [9.17, 15) is 5.11 Å². The molecule has 1 heterocycles. The molecule has 1 aliphatic heterocycles. The third kappa shape index (κ3) is 2.17. The number of nitrogens with one attached hydrogen (secondary N) is 1. The molecule has 1 aliphatic rings. The Labute approximate surface area is 97.1 Å². The van der Waals surface area contributed by atoms with Crippen LogP contribution in [0.4, 0.5) is 0 Å². The number of hydrogen-bond acceptors (Lipinski definition) is 2. The van der Waals surface area contributed by atoms with E-state index in [4.69, 9.17) is 0 Å². The molecular weight excluding hydrogens is 210 g/mol. The van der Waals surface area contributed by atoms with Crippen molar-refractivity contribution in [3.63, 3.8) is 0 Å². The molecule has 1 saturated heterocycles. The average Bonchev–Trinajstić information content (AvgIpc) is 2.62. The molecule has 0 aromatic heterocycles. The van der Waals surface area contributed by atoms with Crippen LogP contribution in [0.25, 0.3) is 0 Å². The van der Waals surface area contributed by atoms with Crippen LogP contribution in [0, 0.1) is 5.92 Å². The van der Waals surface area contributed by atoms with Gasteiger partial charge in [0.1, 0.15) is 0 Å². The van der Waals surface area contributed by atoms with E-state index in [2.05, 4.69) is 36.5 Å². The van der Waals surface area contributed by atoms with Crippen LogP contribution >= 0.6 is 12.4 Å². The van der Waals surface area contributed by atoms with Crippen LogP contribution in [0.1, 0.15) is 12.5 Å². The highest BCUT2D eigenvalue weighted by Gasteiger charge is 2.39. The molecule has 15 heavy (non-hydrogen) atoms. The second-order valence-corrected chi connectivity index (χ2v) is 4.29. The van der Waals surface area contributed by atoms with Gasteiger partial charge < -0.3 is 10.4 Å². The van der Waals surface area contributed by atoms with Gasteiger partial charge in [0.2, 0.25) is 0 Å². The number of halogens is 1. The van der Waals surface area contributed by atoms with E-state index in [0.29, 0.717) is 5.92 Å². The molecular formula is C12H18ClNO. The van der Waals surface area contributed by atoms with Gasteiger partial charge in [-0.3, -0.25) is 0 Å². The highest BCUT2D eigenvalue weighted by Crippen LogP contribution is 2.34. The van der Waals surface area contributed by atoms with Gasteiger partial charge in [0.25, 0.3) is 0 Å².